The van der Waals surface area contributed by atoms with Crippen LogP contribution in [0.4, 0.5) is 11.4 Å². The largest absolute Gasteiger partial charge is 0.324 e. The van der Waals surface area contributed by atoms with E-state index in [1.165, 1.54) is 0 Å². The predicted octanol–water partition coefficient (Wildman–Crippen LogP) is 2.70. The minimum absolute atomic E-state index is 0.164. The number of pyridine rings is 1. The molecule has 118 valence electrons. The van der Waals surface area contributed by atoms with Crippen molar-refractivity contribution in [3.05, 3.63) is 53.9 Å². The monoisotopic (exact) mass is 309 g/mol. The molecule has 5 nitrogen and oxygen atoms in total. The van der Waals surface area contributed by atoms with Gasteiger partial charge >= 0.3 is 0 Å². The Bertz CT molecular complexity index is 725. The molecule has 0 atom stereocenters. The first kappa shape index (κ1) is 15.2. The molecule has 1 aromatic heterocycles. The number of nitrogens with one attached hydrogen (secondary N) is 1. The Morgan fingerprint density at radius 1 is 1.22 bits per heavy atom. The number of benzene rings is 1. The molecule has 0 unspecified atom stereocenters. The second-order valence-corrected chi connectivity index (χ2v) is 5.69. The van der Waals surface area contributed by atoms with Crippen LogP contribution in [0.15, 0.2) is 42.6 Å². The van der Waals surface area contributed by atoms with Crippen molar-refractivity contribution in [2.75, 3.05) is 16.8 Å². The molecule has 2 amide bonds. The molecule has 0 radical (unpaired) electrons. The number of rotatable bonds is 3. The molecule has 0 aliphatic carbocycles. The van der Waals surface area contributed by atoms with Crippen LogP contribution in [-0.4, -0.2) is 23.3 Å². The average molecular weight is 309 g/mol. The normalized spacial score (nSPS) is 13.3. The molecular weight excluding hydrogens is 290 g/mol. The first-order valence-electron chi connectivity index (χ1n) is 7.74. The number of anilines is 2. The summed E-state index contributed by atoms with van der Waals surface area (Å²) in [5.74, 6) is -0.488. The zero-order chi connectivity index (χ0) is 16.2. The maximum atomic E-state index is 12.5. The van der Waals surface area contributed by atoms with Crippen LogP contribution in [0.3, 0.4) is 0 Å². The first-order valence-corrected chi connectivity index (χ1v) is 7.74. The molecule has 1 aromatic carbocycles. The quantitative estimate of drug-likeness (QED) is 0.887. The second-order valence-electron chi connectivity index (χ2n) is 5.69. The Morgan fingerprint density at radius 2 is 2.04 bits per heavy atom. The van der Waals surface area contributed by atoms with E-state index >= 15 is 0 Å². The third kappa shape index (κ3) is 3.56. The van der Waals surface area contributed by atoms with Gasteiger partial charge in [0.2, 0.25) is 11.8 Å². The van der Waals surface area contributed by atoms with E-state index < -0.39 is 0 Å². The van der Waals surface area contributed by atoms with Crippen LogP contribution in [0.1, 0.15) is 24.1 Å². The Labute approximate surface area is 135 Å². The summed E-state index contributed by atoms with van der Waals surface area (Å²) in [5.41, 5.74) is 3.57. The summed E-state index contributed by atoms with van der Waals surface area (Å²) in [6.45, 7) is 2.54. The van der Waals surface area contributed by atoms with E-state index in [0.717, 1.165) is 29.8 Å². The van der Waals surface area contributed by atoms with Crippen molar-refractivity contribution in [2.45, 2.75) is 26.2 Å². The standard InChI is InChI=1S/C18H19N3O2/c1-13-8-9-15(12-19-13)20-17(22)11-18(23)21-10-4-6-14-5-2-3-7-16(14)21/h2-3,5,7-9,12H,4,6,10-11H2,1H3,(H,20,22). The molecule has 23 heavy (non-hydrogen) atoms. The lowest BCUT2D eigenvalue weighted by molar-refractivity contribution is -0.125. The van der Waals surface area contributed by atoms with E-state index in [4.69, 9.17) is 0 Å². The zero-order valence-electron chi connectivity index (χ0n) is 13.1. The van der Waals surface area contributed by atoms with Crippen molar-refractivity contribution >= 4 is 23.2 Å². The average Bonchev–Trinajstić information content (AvgIpc) is 2.56. The van der Waals surface area contributed by atoms with Crippen LogP contribution in [0.2, 0.25) is 0 Å². The Kier molecular flexibility index (Phi) is 4.37. The Morgan fingerprint density at radius 3 is 2.83 bits per heavy atom. The summed E-state index contributed by atoms with van der Waals surface area (Å²) >= 11 is 0. The fraction of sp³-hybridized carbons (Fsp3) is 0.278. The molecule has 2 aromatic rings. The summed E-state index contributed by atoms with van der Waals surface area (Å²) in [4.78, 5) is 30.4. The molecule has 0 fully saturated rings. The lowest BCUT2D eigenvalue weighted by atomic mass is 10.0. The molecule has 1 aliphatic heterocycles. The lowest BCUT2D eigenvalue weighted by Gasteiger charge is -2.29. The van der Waals surface area contributed by atoms with Gasteiger partial charge in [-0.1, -0.05) is 18.2 Å². The summed E-state index contributed by atoms with van der Waals surface area (Å²) in [6.07, 6.45) is 3.32. The topological polar surface area (TPSA) is 62.3 Å². The van der Waals surface area contributed by atoms with Crippen molar-refractivity contribution in [1.82, 2.24) is 4.98 Å². The van der Waals surface area contributed by atoms with Gasteiger partial charge in [-0.2, -0.15) is 0 Å². The lowest BCUT2D eigenvalue weighted by Crippen LogP contribution is -2.37. The van der Waals surface area contributed by atoms with E-state index in [1.54, 1.807) is 17.2 Å². The van der Waals surface area contributed by atoms with Crippen molar-refractivity contribution in [1.29, 1.82) is 0 Å². The number of aromatic nitrogens is 1. The SMILES string of the molecule is Cc1ccc(NC(=O)CC(=O)N2CCCc3ccccc32)cn1. The third-order valence-electron chi connectivity index (χ3n) is 3.92. The molecule has 1 aliphatic rings. The molecule has 0 spiro atoms. The highest BCUT2D eigenvalue weighted by Crippen LogP contribution is 2.27. The van der Waals surface area contributed by atoms with Crippen molar-refractivity contribution in [2.24, 2.45) is 0 Å². The van der Waals surface area contributed by atoms with E-state index in [2.05, 4.69) is 10.3 Å². The van der Waals surface area contributed by atoms with E-state index in [9.17, 15) is 9.59 Å². The number of nitrogens with zero attached hydrogens (tertiary/aromatic N) is 2. The van der Waals surface area contributed by atoms with Gasteiger partial charge in [-0.3, -0.25) is 14.6 Å². The van der Waals surface area contributed by atoms with Gasteiger partial charge < -0.3 is 10.2 Å². The number of hydrogen-bond donors (Lipinski definition) is 1. The first-order chi connectivity index (χ1) is 11.1. The highest BCUT2D eigenvalue weighted by Gasteiger charge is 2.23. The molecular formula is C18H19N3O2. The zero-order valence-corrected chi connectivity index (χ0v) is 13.1. The predicted molar refractivity (Wildman–Crippen MR) is 89.3 cm³/mol. The van der Waals surface area contributed by atoms with Crippen LogP contribution >= 0.6 is 0 Å². The number of carbonyl (C=O) groups is 2. The molecule has 1 N–H and O–H groups in total. The minimum atomic E-state index is -0.316. The molecule has 0 bridgehead atoms. The van der Waals surface area contributed by atoms with Gasteiger partial charge in [-0.15, -0.1) is 0 Å². The van der Waals surface area contributed by atoms with Gasteiger partial charge in [0.05, 0.1) is 11.9 Å². The van der Waals surface area contributed by atoms with Gasteiger partial charge in [-0.25, -0.2) is 0 Å². The summed E-state index contributed by atoms with van der Waals surface area (Å²) in [6, 6.07) is 11.5. The van der Waals surface area contributed by atoms with Gasteiger partial charge in [-0.05, 0) is 43.5 Å². The van der Waals surface area contributed by atoms with Crippen molar-refractivity contribution in [3.8, 4) is 0 Å². The fourth-order valence-corrected chi connectivity index (χ4v) is 2.77. The second kappa shape index (κ2) is 6.60. The Balaban J connectivity index is 1.65. The smallest absolute Gasteiger partial charge is 0.236 e. The number of para-hydroxylation sites is 1. The van der Waals surface area contributed by atoms with Crippen molar-refractivity contribution in [3.63, 3.8) is 0 Å². The number of amides is 2. The molecule has 3 rings (SSSR count). The molecule has 0 saturated carbocycles. The Hall–Kier alpha value is -2.69. The maximum Gasteiger partial charge on any atom is 0.236 e. The minimum Gasteiger partial charge on any atom is -0.324 e. The van der Waals surface area contributed by atoms with Gasteiger partial charge in [0.1, 0.15) is 6.42 Å². The fourth-order valence-electron chi connectivity index (χ4n) is 2.77. The molecule has 2 heterocycles. The van der Waals surface area contributed by atoms with E-state index in [1.807, 2.05) is 37.3 Å². The summed E-state index contributed by atoms with van der Waals surface area (Å²) in [5, 5.41) is 2.71. The molecule has 5 heteroatoms. The number of hydrogen-bond acceptors (Lipinski definition) is 3. The number of fused-ring (bicyclic) bond motifs is 1. The van der Waals surface area contributed by atoms with Crippen LogP contribution in [0.25, 0.3) is 0 Å². The van der Waals surface area contributed by atoms with E-state index in [-0.39, 0.29) is 18.2 Å². The molecule has 0 saturated heterocycles. The van der Waals surface area contributed by atoms with Gasteiger partial charge in [0.25, 0.3) is 0 Å². The van der Waals surface area contributed by atoms with Gasteiger partial charge in [0.15, 0.2) is 0 Å². The van der Waals surface area contributed by atoms with Crippen LogP contribution in [0.5, 0.6) is 0 Å². The third-order valence-corrected chi connectivity index (χ3v) is 3.92. The summed E-state index contributed by atoms with van der Waals surface area (Å²) < 4.78 is 0. The maximum absolute atomic E-state index is 12.5. The van der Waals surface area contributed by atoms with Crippen molar-refractivity contribution < 1.29 is 9.59 Å². The van der Waals surface area contributed by atoms with E-state index in [0.29, 0.717) is 12.2 Å². The van der Waals surface area contributed by atoms with Crippen LogP contribution in [0, 0.1) is 6.92 Å². The highest BCUT2D eigenvalue weighted by atomic mass is 16.2. The van der Waals surface area contributed by atoms with Crippen LogP contribution in [-0.2, 0) is 16.0 Å². The number of aryl methyl sites for hydroxylation is 2. The van der Waals surface area contributed by atoms with Gasteiger partial charge in [0, 0.05) is 17.9 Å². The van der Waals surface area contributed by atoms with Crippen LogP contribution < -0.4 is 10.2 Å². The summed E-state index contributed by atoms with van der Waals surface area (Å²) in [7, 11) is 0. The number of carbonyl (C=O) groups excluding carboxylic acids is 2. The highest BCUT2D eigenvalue weighted by molar-refractivity contribution is 6.09.